The Bertz CT molecular complexity index is 1000. The third-order valence-corrected chi connectivity index (χ3v) is 3.56. The van der Waals surface area contributed by atoms with Gasteiger partial charge in [-0.3, -0.25) is 4.79 Å². The zero-order valence-corrected chi connectivity index (χ0v) is 14.6. The van der Waals surface area contributed by atoms with Crippen LogP contribution in [0.25, 0.3) is 21.8 Å². The van der Waals surface area contributed by atoms with E-state index in [0.717, 1.165) is 0 Å². The van der Waals surface area contributed by atoms with E-state index in [1.165, 1.54) is 6.07 Å². The first-order chi connectivity index (χ1) is 12.0. The largest absolute Gasteiger partial charge is 0.507 e. The van der Waals surface area contributed by atoms with Crippen molar-refractivity contribution < 1.29 is 14.6 Å². The maximum absolute atomic E-state index is 12.5. The summed E-state index contributed by atoms with van der Waals surface area (Å²) in [6.45, 7) is 9.06. The van der Waals surface area contributed by atoms with Gasteiger partial charge >= 0.3 is 5.97 Å². The third-order valence-electron chi connectivity index (χ3n) is 3.56. The molecular weight excluding hydrogens is 318 g/mol. The number of H-pyrrole nitrogens is 1. The van der Waals surface area contributed by atoms with Crippen LogP contribution in [0.2, 0.25) is 0 Å². The van der Waals surface area contributed by atoms with Crippen molar-refractivity contribution in [3.8, 4) is 5.75 Å². The normalized spacial score (nSPS) is 10.2. The van der Waals surface area contributed by atoms with Gasteiger partial charge in [-0.2, -0.15) is 0 Å². The van der Waals surface area contributed by atoms with E-state index in [2.05, 4.69) is 11.6 Å². The van der Waals surface area contributed by atoms with Crippen LogP contribution in [-0.4, -0.2) is 16.1 Å². The molecule has 0 fully saturated rings. The number of carbonyl (C=O) groups excluding carboxylic acids is 1. The van der Waals surface area contributed by atoms with E-state index in [4.69, 9.17) is 4.74 Å². The van der Waals surface area contributed by atoms with Crippen LogP contribution in [0.3, 0.4) is 0 Å². The molecule has 0 radical (unpaired) electrons. The first-order valence-electron chi connectivity index (χ1n) is 8.06. The highest BCUT2D eigenvalue weighted by Crippen LogP contribution is 2.25. The number of esters is 1. The lowest BCUT2D eigenvalue weighted by Gasteiger charge is -2.09. The zero-order valence-electron chi connectivity index (χ0n) is 14.6. The molecule has 0 aliphatic carbocycles. The fourth-order valence-corrected chi connectivity index (χ4v) is 2.45. The molecule has 0 bridgehead atoms. The van der Waals surface area contributed by atoms with Gasteiger partial charge in [-0.25, -0.2) is 4.79 Å². The Morgan fingerprint density at radius 2 is 1.88 bits per heavy atom. The quantitative estimate of drug-likeness (QED) is 0.429. The molecule has 0 atom stereocenters. The summed E-state index contributed by atoms with van der Waals surface area (Å²) in [5.74, 6) is -0.646. The second-order valence-corrected chi connectivity index (χ2v) is 5.39. The summed E-state index contributed by atoms with van der Waals surface area (Å²) in [4.78, 5) is 27.1. The summed E-state index contributed by atoms with van der Waals surface area (Å²) in [7, 11) is 0. The predicted octanol–water partition coefficient (Wildman–Crippen LogP) is 4.03. The Hall–Kier alpha value is -3.08. The van der Waals surface area contributed by atoms with Crippen LogP contribution in [0.15, 0.2) is 53.3 Å². The highest BCUT2D eigenvalue weighted by molar-refractivity contribution is 5.95. The summed E-state index contributed by atoms with van der Waals surface area (Å²) in [5, 5.41) is 10.9. The lowest BCUT2D eigenvalue weighted by Crippen LogP contribution is -2.07. The molecule has 0 spiro atoms. The van der Waals surface area contributed by atoms with Gasteiger partial charge in [-0.15, -0.1) is 0 Å². The number of pyridine rings is 1. The van der Waals surface area contributed by atoms with E-state index in [9.17, 15) is 14.7 Å². The minimum Gasteiger partial charge on any atom is -0.507 e. The number of rotatable bonds is 3. The number of ether oxygens (including phenoxy) is 1. The molecule has 3 aromatic rings. The molecule has 0 unspecified atom stereocenters. The van der Waals surface area contributed by atoms with Crippen molar-refractivity contribution in [3.63, 3.8) is 0 Å². The number of fused-ring (bicyclic) bond motifs is 2. The van der Waals surface area contributed by atoms with E-state index >= 15 is 0 Å². The van der Waals surface area contributed by atoms with Gasteiger partial charge in [-0.1, -0.05) is 32.6 Å². The molecule has 130 valence electrons. The molecule has 25 heavy (non-hydrogen) atoms. The number of hydrogen-bond donors (Lipinski definition) is 2. The second kappa shape index (κ2) is 7.66. The van der Waals surface area contributed by atoms with Crippen LogP contribution in [-0.2, 0) is 16.1 Å². The van der Waals surface area contributed by atoms with Gasteiger partial charge in [0.15, 0.2) is 0 Å². The Balaban J connectivity index is 0.00000109. The smallest absolute Gasteiger partial charge is 0.333 e. The fraction of sp³-hybridized carbons (Fsp3) is 0.200. The number of aromatic hydroxyl groups is 1. The standard InChI is InChI=1S/C18H15NO4.C2H6/c1-10(2)18(22)23-9-11-7-14-16(15(20)8-11)17(21)12-5-3-4-6-13(12)19-14;1-2/h3-8,20H,1,9H2,2H3,(H,19,21);1-2H3. The number of phenols is 1. The first-order valence-corrected chi connectivity index (χ1v) is 8.06. The number of carbonyl (C=O) groups is 1. The lowest BCUT2D eigenvalue weighted by atomic mass is 10.1. The zero-order chi connectivity index (χ0) is 18.6. The number of aromatic amines is 1. The van der Waals surface area contributed by atoms with Crippen LogP contribution in [0, 0.1) is 0 Å². The average Bonchev–Trinajstić information content (AvgIpc) is 2.61. The molecule has 0 aliphatic heterocycles. The minimum atomic E-state index is -0.503. The number of phenolic OH excluding ortho intramolecular Hbond substituents is 1. The van der Waals surface area contributed by atoms with Gasteiger partial charge in [0.05, 0.1) is 10.9 Å². The molecule has 1 heterocycles. The summed E-state index contributed by atoms with van der Waals surface area (Å²) in [6, 6.07) is 10.2. The van der Waals surface area contributed by atoms with Crippen molar-refractivity contribution in [3.05, 3.63) is 64.3 Å². The van der Waals surface area contributed by atoms with Crippen molar-refractivity contribution in [2.45, 2.75) is 27.4 Å². The van der Waals surface area contributed by atoms with Crippen molar-refractivity contribution in [1.82, 2.24) is 4.98 Å². The molecular formula is C20H21NO4. The highest BCUT2D eigenvalue weighted by atomic mass is 16.5. The van der Waals surface area contributed by atoms with Crippen LogP contribution >= 0.6 is 0 Å². The molecule has 0 saturated carbocycles. The third kappa shape index (κ3) is 3.71. The maximum atomic E-state index is 12.5. The fourth-order valence-electron chi connectivity index (χ4n) is 2.45. The number of benzene rings is 2. The summed E-state index contributed by atoms with van der Waals surface area (Å²) in [5.41, 5.74) is 1.82. The predicted molar refractivity (Wildman–Crippen MR) is 99.7 cm³/mol. The molecule has 2 N–H and O–H groups in total. The van der Waals surface area contributed by atoms with Crippen molar-refractivity contribution in [2.24, 2.45) is 0 Å². The van der Waals surface area contributed by atoms with Gasteiger partial charge in [0.25, 0.3) is 0 Å². The molecule has 1 aromatic heterocycles. The van der Waals surface area contributed by atoms with Crippen molar-refractivity contribution in [2.75, 3.05) is 0 Å². The minimum absolute atomic E-state index is 0.00987. The van der Waals surface area contributed by atoms with Crippen LogP contribution in [0.4, 0.5) is 0 Å². The van der Waals surface area contributed by atoms with Gasteiger partial charge in [0.1, 0.15) is 12.4 Å². The van der Waals surface area contributed by atoms with E-state index in [1.807, 2.05) is 19.9 Å². The van der Waals surface area contributed by atoms with E-state index < -0.39 is 5.97 Å². The van der Waals surface area contributed by atoms with E-state index in [1.54, 1.807) is 31.2 Å². The van der Waals surface area contributed by atoms with Gasteiger partial charge in [0, 0.05) is 16.5 Å². The molecule has 0 aliphatic rings. The molecule has 0 saturated heterocycles. The van der Waals surface area contributed by atoms with Crippen molar-refractivity contribution >= 4 is 27.8 Å². The topological polar surface area (TPSA) is 79.4 Å². The Kier molecular flexibility index (Phi) is 5.60. The summed E-state index contributed by atoms with van der Waals surface area (Å²) < 4.78 is 5.07. The SMILES string of the molecule is C=C(C)C(=O)OCc1cc(O)c2c(=O)c3ccccc3[nH]c2c1.CC. The van der Waals surface area contributed by atoms with E-state index in [0.29, 0.717) is 27.6 Å². The maximum Gasteiger partial charge on any atom is 0.333 e. The number of para-hydroxylation sites is 1. The van der Waals surface area contributed by atoms with Crippen LogP contribution in [0.1, 0.15) is 26.3 Å². The molecule has 5 heteroatoms. The molecule has 2 aromatic carbocycles. The Morgan fingerprint density at radius 1 is 1.20 bits per heavy atom. The van der Waals surface area contributed by atoms with Gasteiger partial charge in [-0.05, 0) is 36.8 Å². The van der Waals surface area contributed by atoms with Crippen molar-refractivity contribution in [1.29, 1.82) is 0 Å². The summed E-state index contributed by atoms with van der Waals surface area (Å²) >= 11 is 0. The van der Waals surface area contributed by atoms with E-state index in [-0.39, 0.29) is 23.2 Å². The molecule has 3 rings (SSSR count). The van der Waals surface area contributed by atoms with Crippen LogP contribution in [0.5, 0.6) is 5.75 Å². The average molecular weight is 339 g/mol. The van der Waals surface area contributed by atoms with Gasteiger partial charge < -0.3 is 14.8 Å². The number of nitrogens with one attached hydrogen (secondary N) is 1. The Morgan fingerprint density at radius 3 is 2.56 bits per heavy atom. The van der Waals surface area contributed by atoms with Crippen LogP contribution < -0.4 is 5.43 Å². The first kappa shape index (κ1) is 18.3. The monoisotopic (exact) mass is 339 g/mol. The second-order valence-electron chi connectivity index (χ2n) is 5.39. The highest BCUT2D eigenvalue weighted by Gasteiger charge is 2.12. The number of aromatic nitrogens is 1. The number of hydrogen-bond acceptors (Lipinski definition) is 4. The Labute approximate surface area is 145 Å². The summed E-state index contributed by atoms with van der Waals surface area (Å²) in [6.07, 6.45) is 0. The molecule has 0 amide bonds. The van der Waals surface area contributed by atoms with Gasteiger partial charge in [0.2, 0.25) is 5.43 Å². The lowest BCUT2D eigenvalue weighted by molar-refractivity contribution is -0.140. The molecule has 5 nitrogen and oxygen atoms in total.